The summed E-state index contributed by atoms with van der Waals surface area (Å²) in [4.78, 5) is 10.8. The maximum absolute atomic E-state index is 5.99. The summed E-state index contributed by atoms with van der Waals surface area (Å²) in [6.07, 6.45) is 7.56. The van der Waals surface area contributed by atoms with Crippen LogP contribution in [0.4, 0.5) is 0 Å². The highest BCUT2D eigenvalue weighted by Gasteiger charge is 2.24. The molecule has 1 unspecified atom stereocenters. The maximum atomic E-state index is 5.99. The maximum Gasteiger partial charge on any atom is 0.158 e. The summed E-state index contributed by atoms with van der Waals surface area (Å²) in [6.45, 7) is 12.1. The zero-order valence-corrected chi connectivity index (χ0v) is 21.9. The molecule has 0 aliphatic carbocycles. The molecule has 0 saturated carbocycles. The van der Waals surface area contributed by atoms with E-state index in [0.29, 0.717) is 5.92 Å². The second-order valence-electron chi connectivity index (χ2n) is 10.1. The van der Waals surface area contributed by atoms with Gasteiger partial charge in [-0.05, 0) is 79.3 Å². The van der Waals surface area contributed by atoms with Crippen molar-refractivity contribution in [3.63, 3.8) is 0 Å². The van der Waals surface area contributed by atoms with Gasteiger partial charge in [0.1, 0.15) is 11.2 Å². The van der Waals surface area contributed by atoms with Crippen LogP contribution >= 0.6 is 11.3 Å². The van der Waals surface area contributed by atoms with E-state index in [1.807, 2.05) is 15.9 Å². The zero-order valence-electron chi connectivity index (χ0n) is 21.1. The van der Waals surface area contributed by atoms with Crippen LogP contribution in [0.1, 0.15) is 72.9 Å². The van der Waals surface area contributed by atoms with Crippen LogP contribution in [0, 0.1) is 20.8 Å². The van der Waals surface area contributed by atoms with E-state index >= 15 is 0 Å². The van der Waals surface area contributed by atoms with Crippen molar-refractivity contribution in [3.8, 4) is 21.7 Å². The average Bonchev–Trinajstić information content (AvgIpc) is 3.57. The Morgan fingerprint density at radius 2 is 1.86 bits per heavy atom. The van der Waals surface area contributed by atoms with E-state index in [1.165, 1.54) is 72.6 Å². The normalized spacial score (nSPS) is 16.7. The number of thiophene rings is 1. The predicted molar refractivity (Wildman–Crippen MR) is 144 cm³/mol. The second-order valence-corrected chi connectivity index (χ2v) is 11.1. The van der Waals surface area contributed by atoms with Crippen LogP contribution in [0.15, 0.2) is 36.8 Å². The Labute approximate surface area is 210 Å². The Balaban J connectivity index is 1.45. The molecule has 1 aromatic carbocycles. The number of ether oxygens (including phenoxy) is 1. The van der Waals surface area contributed by atoms with E-state index in [-0.39, 0.29) is 6.10 Å². The number of rotatable bonds is 4. The fraction of sp³-hybridized carbons (Fsp3) is 0.379. The molecule has 5 heterocycles. The van der Waals surface area contributed by atoms with Gasteiger partial charge in [0.15, 0.2) is 5.65 Å². The molecule has 35 heavy (non-hydrogen) atoms. The molecule has 0 amide bonds. The molecule has 1 fully saturated rings. The summed E-state index contributed by atoms with van der Waals surface area (Å²) in [6, 6.07) is 9.06. The van der Waals surface area contributed by atoms with Gasteiger partial charge in [-0.2, -0.15) is 5.10 Å². The van der Waals surface area contributed by atoms with Crippen LogP contribution in [-0.4, -0.2) is 26.2 Å². The molecule has 1 saturated heterocycles. The highest BCUT2D eigenvalue weighted by Crippen LogP contribution is 2.46. The molecular formula is C29H32N4OS. The lowest BCUT2D eigenvalue weighted by Crippen LogP contribution is -2.11. The number of benzene rings is 1. The molecule has 180 valence electrons. The van der Waals surface area contributed by atoms with Gasteiger partial charge < -0.3 is 9.72 Å². The average molecular weight is 485 g/mol. The largest absolute Gasteiger partial charge is 0.374 e. The van der Waals surface area contributed by atoms with Gasteiger partial charge in [-0.25, -0.2) is 9.50 Å². The van der Waals surface area contributed by atoms with E-state index in [1.54, 1.807) is 6.33 Å². The van der Waals surface area contributed by atoms with Crippen molar-refractivity contribution in [1.29, 1.82) is 0 Å². The molecule has 1 atom stereocenters. The van der Waals surface area contributed by atoms with Crippen LogP contribution in [-0.2, 0) is 4.74 Å². The van der Waals surface area contributed by atoms with Crippen LogP contribution in [0.25, 0.3) is 37.6 Å². The lowest BCUT2D eigenvalue weighted by Gasteiger charge is -2.23. The molecule has 4 aromatic heterocycles. The van der Waals surface area contributed by atoms with Crippen LogP contribution in [0.2, 0.25) is 0 Å². The Morgan fingerprint density at radius 1 is 1.06 bits per heavy atom. The van der Waals surface area contributed by atoms with E-state index < -0.39 is 0 Å². The zero-order chi connectivity index (χ0) is 24.3. The monoisotopic (exact) mass is 484 g/mol. The fourth-order valence-electron chi connectivity index (χ4n) is 5.60. The quantitative estimate of drug-likeness (QED) is 0.282. The van der Waals surface area contributed by atoms with Crippen molar-refractivity contribution in [3.05, 3.63) is 64.6 Å². The molecule has 0 radical (unpaired) electrons. The van der Waals surface area contributed by atoms with Crippen LogP contribution < -0.4 is 0 Å². The third-order valence-electron chi connectivity index (χ3n) is 7.62. The third kappa shape index (κ3) is 3.62. The number of nitrogens with zero attached hydrogens (tertiary/aromatic N) is 3. The fourth-order valence-corrected chi connectivity index (χ4v) is 6.84. The summed E-state index contributed by atoms with van der Waals surface area (Å²) in [5.74, 6) is 0.386. The number of aromatic amines is 1. The standard InChI is InChI=1S/C29H32N4OS/c1-16(2)24-25-19(5)27(21-11-9-20(10-12-21)23-8-6-7-13-34-23)35-29(25)32-26(24)22-14-33-28(30-15-31-33)18(4)17(22)3/h9-12,14-16,23,32H,6-8,13H2,1-5H3. The van der Waals surface area contributed by atoms with Crippen molar-refractivity contribution in [2.24, 2.45) is 0 Å². The molecule has 0 bridgehead atoms. The minimum atomic E-state index is 0.251. The lowest BCUT2D eigenvalue weighted by molar-refractivity contribution is 0.0150. The smallest absolute Gasteiger partial charge is 0.158 e. The summed E-state index contributed by atoms with van der Waals surface area (Å²) < 4.78 is 7.89. The third-order valence-corrected chi connectivity index (χ3v) is 8.88. The molecule has 5 aromatic rings. The number of hydrogen-bond donors (Lipinski definition) is 1. The van der Waals surface area contributed by atoms with Gasteiger partial charge in [0.05, 0.1) is 11.8 Å². The molecule has 5 nitrogen and oxygen atoms in total. The van der Waals surface area contributed by atoms with Crippen LogP contribution in [0.3, 0.4) is 0 Å². The number of nitrogens with one attached hydrogen (secondary N) is 1. The number of aryl methyl sites for hydroxylation is 2. The topological polar surface area (TPSA) is 55.2 Å². The SMILES string of the molecule is Cc1c(-c2[nH]c3sc(-c4ccc(C5CCCCO5)cc4)c(C)c3c2C(C)C)cn2ncnc2c1C. The Morgan fingerprint density at radius 3 is 2.57 bits per heavy atom. The molecule has 1 aliphatic rings. The first-order valence-corrected chi connectivity index (χ1v) is 13.4. The molecule has 0 spiro atoms. The van der Waals surface area contributed by atoms with Gasteiger partial charge in [0.25, 0.3) is 0 Å². The van der Waals surface area contributed by atoms with E-state index in [2.05, 4.69) is 80.1 Å². The van der Waals surface area contributed by atoms with Crippen molar-refractivity contribution >= 4 is 27.2 Å². The van der Waals surface area contributed by atoms with Crippen molar-refractivity contribution in [2.45, 2.75) is 65.9 Å². The number of aromatic nitrogens is 4. The van der Waals surface area contributed by atoms with Gasteiger partial charge >= 0.3 is 0 Å². The molecule has 1 N–H and O–H groups in total. The number of H-pyrrole nitrogens is 1. The van der Waals surface area contributed by atoms with Gasteiger partial charge in [-0.1, -0.05) is 38.1 Å². The van der Waals surface area contributed by atoms with Gasteiger partial charge in [0, 0.05) is 28.6 Å². The highest BCUT2D eigenvalue weighted by molar-refractivity contribution is 7.22. The van der Waals surface area contributed by atoms with Crippen molar-refractivity contribution in [1.82, 2.24) is 19.6 Å². The first-order chi connectivity index (χ1) is 16.9. The minimum Gasteiger partial charge on any atom is -0.374 e. The lowest BCUT2D eigenvalue weighted by atomic mass is 9.92. The molecule has 6 rings (SSSR count). The summed E-state index contributed by atoms with van der Waals surface area (Å²) in [7, 11) is 0. The Kier molecular flexibility index (Phi) is 5.53. The first-order valence-electron chi connectivity index (χ1n) is 12.6. The van der Waals surface area contributed by atoms with Gasteiger partial charge in [-0.3, -0.25) is 0 Å². The highest BCUT2D eigenvalue weighted by atomic mass is 32.1. The van der Waals surface area contributed by atoms with E-state index in [4.69, 9.17) is 4.74 Å². The predicted octanol–water partition coefficient (Wildman–Crippen LogP) is 7.90. The summed E-state index contributed by atoms with van der Waals surface area (Å²) in [5.41, 5.74) is 11.1. The van der Waals surface area contributed by atoms with Gasteiger partial charge in [-0.15, -0.1) is 11.3 Å². The number of fused-ring (bicyclic) bond motifs is 2. The van der Waals surface area contributed by atoms with Crippen molar-refractivity contribution < 1.29 is 4.74 Å². The van der Waals surface area contributed by atoms with E-state index in [0.717, 1.165) is 18.7 Å². The minimum absolute atomic E-state index is 0.251. The molecule has 1 aliphatic heterocycles. The molecule has 6 heteroatoms. The Hall–Kier alpha value is -2.96. The van der Waals surface area contributed by atoms with Gasteiger partial charge in [0.2, 0.25) is 0 Å². The first kappa shape index (κ1) is 22.5. The summed E-state index contributed by atoms with van der Waals surface area (Å²) in [5, 5.41) is 5.79. The Bertz CT molecular complexity index is 1530. The second kappa shape index (κ2) is 8.61. The summed E-state index contributed by atoms with van der Waals surface area (Å²) >= 11 is 1.86. The molecular weight excluding hydrogens is 452 g/mol. The number of pyridine rings is 1. The van der Waals surface area contributed by atoms with E-state index in [9.17, 15) is 0 Å². The van der Waals surface area contributed by atoms with Crippen molar-refractivity contribution in [2.75, 3.05) is 6.61 Å². The van der Waals surface area contributed by atoms with Crippen LogP contribution in [0.5, 0.6) is 0 Å². The number of hydrogen-bond acceptors (Lipinski definition) is 4.